The van der Waals surface area contributed by atoms with E-state index < -0.39 is 5.91 Å². The van der Waals surface area contributed by atoms with Gasteiger partial charge < -0.3 is 11.5 Å². The fourth-order valence-electron chi connectivity index (χ4n) is 4.53. The van der Waals surface area contributed by atoms with Gasteiger partial charge in [-0.05, 0) is 61.2 Å². The minimum absolute atomic E-state index is 0.0339. The molecule has 0 aliphatic rings. The number of para-hydroxylation sites is 1. The van der Waals surface area contributed by atoms with E-state index in [0.29, 0.717) is 11.0 Å². The van der Waals surface area contributed by atoms with Crippen LogP contribution in [0.4, 0.5) is 5.82 Å². The van der Waals surface area contributed by atoms with Crippen molar-refractivity contribution in [3.05, 3.63) is 130 Å². The van der Waals surface area contributed by atoms with E-state index in [-0.39, 0.29) is 16.9 Å². The summed E-state index contributed by atoms with van der Waals surface area (Å²) in [7, 11) is 0. The Kier molecular flexibility index (Phi) is 7.56. The Morgan fingerprint density at radius 2 is 1.66 bits per heavy atom. The molecular formula is C32H27N7O2. The number of rotatable bonds is 3. The summed E-state index contributed by atoms with van der Waals surface area (Å²) < 4.78 is 3.21. The van der Waals surface area contributed by atoms with E-state index in [1.807, 2.05) is 67.6 Å². The minimum Gasteiger partial charge on any atom is -0.381 e. The van der Waals surface area contributed by atoms with Crippen molar-refractivity contribution < 1.29 is 4.79 Å². The lowest BCUT2D eigenvalue weighted by atomic mass is 10.0. The standard InChI is InChI=1S/C25H20N2O.C7H7N5O/c1-3-22-17-21-10-7-9-20(15-14-19-11-8-16-26-18(19)2)24(21)25(28)27(22)23-12-5-4-6-13-23;8-5-4(6(9)13)7-10-2-1-3-12(7)11-5/h4-13,16-17H,3H2,1-2H3;1-3H,(H2,8,11)(H2,9,13). The molecule has 9 nitrogen and oxygen atoms in total. The molecule has 0 spiro atoms. The molecule has 6 rings (SSSR count). The maximum absolute atomic E-state index is 13.5. The Bertz CT molecular complexity index is 2020. The minimum atomic E-state index is -0.619. The van der Waals surface area contributed by atoms with Crippen LogP contribution in [0.15, 0.2) is 96.2 Å². The number of nitrogens with two attached hydrogens (primary N) is 2. The van der Waals surface area contributed by atoms with E-state index in [4.69, 9.17) is 11.5 Å². The average Bonchev–Trinajstić information content (AvgIpc) is 3.33. The fraction of sp³-hybridized carbons (Fsp3) is 0.0938. The molecule has 4 aromatic heterocycles. The highest BCUT2D eigenvalue weighted by atomic mass is 16.1. The number of aromatic nitrogens is 5. The van der Waals surface area contributed by atoms with Gasteiger partial charge in [-0.15, -0.1) is 5.10 Å². The van der Waals surface area contributed by atoms with Gasteiger partial charge in [0.1, 0.15) is 5.56 Å². The third-order valence-electron chi connectivity index (χ3n) is 6.51. The molecule has 0 unspecified atom stereocenters. The molecule has 0 radical (unpaired) electrons. The highest BCUT2D eigenvalue weighted by Gasteiger charge is 2.15. The van der Waals surface area contributed by atoms with Gasteiger partial charge in [-0.3, -0.25) is 19.1 Å². The van der Waals surface area contributed by atoms with Crippen molar-refractivity contribution in [3.8, 4) is 17.5 Å². The highest BCUT2D eigenvalue weighted by molar-refractivity contribution is 6.03. The van der Waals surface area contributed by atoms with Gasteiger partial charge in [-0.1, -0.05) is 49.1 Å². The molecule has 0 aliphatic carbocycles. The number of nitrogen functional groups attached to an aromatic ring is 1. The zero-order valence-corrected chi connectivity index (χ0v) is 22.6. The van der Waals surface area contributed by atoms with Crippen LogP contribution < -0.4 is 17.0 Å². The van der Waals surface area contributed by atoms with Crippen molar-refractivity contribution in [2.24, 2.45) is 5.73 Å². The monoisotopic (exact) mass is 541 g/mol. The molecule has 4 heterocycles. The van der Waals surface area contributed by atoms with Gasteiger partial charge >= 0.3 is 0 Å². The van der Waals surface area contributed by atoms with Crippen molar-refractivity contribution in [1.29, 1.82) is 0 Å². The Morgan fingerprint density at radius 3 is 2.39 bits per heavy atom. The van der Waals surface area contributed by atoms with Gasteiger partial charge in [0.2, 0.25) is 0 Å². The number of aryl methyl sites for hydroxylation is 2. The number of benzene rings is 2. The number of nitrogens with zero attached hydrogens (tertiary/aromatic N) is 5. The van der Waals surface area contributed by atoms with E-state index in [2.05, 4.69) is 39.9 Å². The molecule has 0 saturated carbocycles. The Balaban J connectivity index is 0.000000216. The van der Waals surface area contributed by atoms with Gasteiger partial charge in [-0.25, -0.2) is 9.50 Å². The molecule has 9 heteroatoms. The van der Waals surface area contributed by atoms with E-state index in [9.17, 15) is 9.59 Å². The zero-order valence-electron chi connectivity index (χ0n) is 22.6. The predicted molar refractivity (Wildman–Crippen MR) is 160 cm³/mol. The van der Waals surface area contributed by atoms with Gasteiger partial charge in [-0.2, -0.15) is 0 Å². The second-order valence-electron chi connectivity index (χ2n) is 9.13. The summed E-state index contributed by atoms with van der Waals surface area (Å²) in [5.41, 5.74) is 15.4. The number of carbonyl (C=O) groups excluding carboxylic acids is 1. The summed E-state index contributed by atoms with van der Waals surface area (Å²) in [4.78, 5) is 32.7. The van der Waals surface area contributed by atoms with Gasteiger partial charge in [0, 0.05) is 41.1 Å². The molecule has 41 heavy (non-hydrogen) atoms. The molecule has 4 N–H and O–H groups in total. The van der Waals surface area contributed by atoms with Crippen molar-refractivity contribution in [2.45, 2.75) is 20.3 Å². The van der Waals surface area contributed by atoms with Crippen LogP contribution in [0, 0.1) is 18.8 Å². The van der Waals surface area contributed by atoms with Crippen LogP contribution in [0.1, 0.15) is 39.8 Å². The Hall–Kier alpha value is -5.75. The second kappa shape index (κ2) is 11.6. The molecule has 2 aromatic carbocycles. The lowest BCUT2D eigenvalue weighted by molar-refractivity contribution is 0.100. The molecule has 0 saturated heterocycles. The maximum Gasteiger partial charge on any atom is 0.264 e. The number of carbonyl (C=O) groups is 1. The van der Waals surface area contributed by atoms with Gasteiger partial charge in [0.15, 0.2) is 11.5 Å². The smallest absolute Gasteiger partial charge is 0.264 e. The van der Waals surface area contributed by atoms with Crippen molar-refractivity contribution in [2.75, 3.05) is 5.73 Å². The fourth-order valence-corrected chi connectivity index (χ4v) is 4.53. The summed E-state index contributed by atoms with van der Waals surface area (Å²) in [5, 5.41) is 5.44. The number of primary amides is 1. The molecule has 1 amide bonds. The van der Waals surface area contributed by atoms with Gasteiger partial charge in [0.25, 0.3) is 11.5 Å². The number of pyridine rings is 2. The molecule has 6 aromatic rings. The second-order valence-corrected chi connectivity index (χ2v) is 9.13. The highest BCUT2D eigenvalue weighted by Crippen LogP contribution is 2.20. The van der Waals surface area contributed by atoms with E-state index >= 15 is 0 Å². The Labute approximate surface area is 236 Å². The van der Waals surface area contributed by atoms with Crippen LogP contribution >= 0.6 is 0 Å². The summed E-state index contributed by atoms with van der Waals surface area (Å²) in [5.74, 6) is 5.86. The van der Waals surface area contributed by atoms with Crippen LogP contribution in [-0.2, 0) is 6.42 Å². The van der Waals surface area contributed by atoms with E-state index in [0.717, 1.165) is 40.0 Å². The molecule has 202 valence electrons. The van der Waals surface area contributed by atoms with Crippen LogP contribution in [0.2, 0.25) is 0 Å². The lowest BCUT2D eigenvalue weighted by Gasteiger charge is -2.14. The number of fused-ring (bicyclic) bond motifs is 2. The third kappa shape index (κ3) is 5.40. The van der Waals surface area contributed by atoms with Crippen molar-refractivity contribution in [3.63, 3.8) is 0 Å². The SMILES string of the molecule is CCc1cc2cccc(C#Cc3cccnc3C)c2c(=O)n1-c1ccccc1.NC(=O)c1c(N)nn2cccnc12. The van der Waals surface area contributed by atoms with Crippen LogP contribution in [-0.4, -0.2) is 30.1 Å². The van der Waals surface area contributed by atoms with Crippen molar-refractivity contribution in [1.82, 2.24) is 24.1 Å². The van der Waals surface area contributed by atoms with E-state index in [1.54, 1.807) is 29.2 Å². The summed E-state index contributed by atoms with van der Waals surface area (Å²) in [6.07, 6.45) is 5.71. The third-order valence-corrected chi connectivity index (χ3v) is 6.51. The maximum atomic E-state index is 13.5. The molecule has 0 aliphatic heterocycles. The average molecular weight is 542 g/mol. The largest absolute Gasteiger partial charge is 0.381 e. The van der Waals surface area contributed by atoms with Crippen LogP contribution in [0.25, 0.3) is 22.1 Å². The number of hydrogen-bond acceptors (Lipinski definition) is 6. The first-order chi connectivity index (χ1) is 19.9. The van der Waals surface area contributed by atoms with Crippen LogP contribution in [0.3, 0.4) is 0 Å². The number of hydrogen-bond donors (Lipinski definition) is 2. The zero-order chi connectivity index (χ0) is 28.9. The summed E-state index contributed by atoms with van der Waals surface area (Å²) in [6.45, 7) is 4.00. The number of amides is 1. The molecule has 0 atom stereocenters. The predicted octanol–water partition coefficient (Wildman–Crippen LogP) is 4.07. The first-order valence-electron chi connectivity index (χ1n) is 12.9. The summed E-state index contributed by atoms with van der Waals surface area (Å²) >= 11 is 0. The van der Waals surface area contributed by atoms with Crippen LogP contribution in [0.5, 0.6) is 0 Å². The van der Waals surface area contributed by atoms with Gasteiger partial charge in [0.05, 0.1) is 11.1 Å². The lowest BCUT2D eigenvalue weighted by Crippen LogP contribution is -2.22. The summed E-state index contributed by atoms with van der Waals surface area (Å²) in [6, 6.07) is 23.2. The first-order valence-corrected chi connectivity index (χ1v) is 12.9. The quantitative estimate of drug-likeness (QED) is 0.325. The van der Waals surface area contributed by atoms with Crippen molar-refractivity contribution >= 4 is 28.1 Å². The molecular weight excluding hydrogens is 514 g/mol. The number of anilines is 1. The molecule has 0 bridgehead atoms. The van der Waals surface area contributed by atoms with E-state index in [1.165, 1.54) is 4.52 Å². The Morgan fingerprint density at radius 1 is 0.927 bits per heavy atom. The normalized spacial score (nSPS) is 10.5. The molecule has 0 fully saturated rings. The first kappa shape index (κ1) is 26.8. The topological polar surface area (TPSA) is 134 Å².